The molecule has 208 valence electrons. The molecule has 0 bridgehead atoms. The number of hydrogen-bond acceptors (Lipinski definition) is 8. The molecule has 4 N–H and O–H groups in total. The van der Waals surface area contributed by atoms with Crippen LogP contribution in [-0.2, 0) is 10.0 Å². The van der Waals surface area contributed by atoms with E-state index in [1.54, 1.807) is 33.7 Å². The average Bonchev–Trinajstić information content (AvgIpc) is 3.34. The van der Waals surface area contributed by atoms with Crippen molar-refractivity contribution in [2.24, 2.45) is 5.73 Å². The number of aliphatic hydroxyl groups is 1. The van der Waals surface area contributed by atoms with Crippen LogP contribution in [0.2, 0.25) is 0 Å². The summed E-state index contributed by atoms with van der Waals surface area (Å²) in [7, 11) is -2.08. The smallest absolute Gasteiger partial charge is 0.252 e. The van der Waals surface area contributed by atoms with Crippen molar-refractivity contribution in [3.63, 3.8) is 0 Å². The number of sulfonamides is 1. The third-order valence-corrected chi connectivity index (χ3v) is 9.20. The van der Waals surface area contributed by atoms with Crippen molar-refractivity contribution in [2.45, 2.75) is 62.6 Å². The number of alkyl halides is 1. The highest BCUT2D eigenvalue weighted by molar-refractivity contribution is 7.90. The fraction of sp³-hybridized carbons (Fsp3) is 0.462. The highest BCUT2D eigenvalue weighted by Gasteiger charge is 2.37. The van der Waals surface area contributed by atoms with Crippen molar-refractivity contribution >= 4 is 27.1 Å². The number of hydrogen-bond donors (Lipinski definition) is 3. The molecule has 11 nitrogen and oxygen atoms in total. The molecule has 0 unspecified atom stereocenters. The number of nitrogens with two attached hydrogens (primary N) is 1. The SMILES string of the molecule is CNS(=O)(=O)C1CCC(N(C[C@@H](F)C(C)(C)O)c2cc(-c3ccc4cc(C#N)cnn34)ncc2C(N)=O)CC1. The maximum atomic E-state index is 15.3. The first kappa shape index (κ1) is 28.4. The minimum Gasteiger partial charge on any atom is -0.387 e. The lowest BCUT2D eigenvalue weighted by atomic mass is 9.91. The summed E-state index contributed by atoms with van der Waals surface area (Å²) in [6.45, 7) is 2.49. The van der Waals surface area contributed by atoms with E-state index in [4.69, 9.17) is 5.73 Å². The minimum absolute atomic E-state index is 0.0762. The number of primary amides is 1. The van der Waals surface area contributed by atoms with Crippen LogP contribution < -0.4 is 15.4 Å². The summed E-state index contributed by atoms with van der Waals surface area (Å²) in [4.78, 5) is 18.6. The second-order valence-corrected chi connectivity index (χ2v) is 12.5. The second kappa shape index (κ2) is 10.9. The Hall–Kier alpha value is -3.60. The van der Waals surface area contributed by atoms with Crippen LogP contribution in [0, 0.1) is 11.3 Å². The molecular formula is C26H32FN7O4S. The topological polar surface area (TPSA) is 167 Å². The van der Waals surface area contributed by atoms with Crippen molar-refractivity contribution in [3.8, 4) is 17.5 Å². The summed E-state index contributed by atoms with van der Waals surface area (Å²) in [6.07, 6.45) is 2.62. The lowest BCUT2D eigenvalue weighted by Crippen LogP contribution is -2.49. The quantitative estimate of drug-likeness (QED) is 0.360. The Bertz CT molecular complexity index is 1520. The number of pyridine rings is 1. The Morgan fingerprint density at radius 2 is 2.00 bits per heavy atom. The Morgan fingerprint density at radius 1 is 1.31 bits per heavy atom. The van der Waals surface area contributed by atoms with E-state index in [0.717, 1.165) is 0 Å². The summed E-state index contributed by atoms with van der Waals surface area (Å²) in [5.41, 5.74) is 6.53. The number of fused-ring (bicyclic) bond motifs is 1. The van der Waals surface area contributed by atoms with Gasteiger partial charge in [-0.25, -0.2) is 22.0 Å². The van der Waals surface area contributed by atoms with Gasteiger partial charge < -0.3 is 15.7 Å². The van der Waals surface area contributed by atoms with E-state index in [2.05, 4.69) is 14.8 Å². The normalized spacial score (nSPS) is 19.0. The molecule has 0 saturated heterocycles. The van der Waals surface area contributed by atoms with Gasteiger partial charge in [-0.05, 0) is 70.8 Å². The first-order valence-corrected chi connectivity index (χ1v) is 14.1. The molecular weight excluding hydrogens is 525 g/mol. The third kappa shape index (κ3) is 5.88. The van der Waals surface area contributed by atoms with Crippen molar-refractivity contribution in [3.05, 3.63) is 47.8 Å². The van der Waals surface area contributed by atoms with Crippen LogP contribution in [0.5, 0.6) is 0 Å². The van der Waals surface area contributed by atoms with Gasteiger partial charge in [0.05, 0.1) is 57.3 Å². The number of rotatable bonds is 9. The number of anilines is 1. The number of nitrogens with one attached hydrogen (secondary N) is 1. The van der Waals surface area contributed by atoms with Crippen molar-refractivity contribution in [1.82, 2.24) is 19.3 Å². The van der Waals surface area contributed by atoms with Gasteiger partial charge in [0.25, 0.3) is 5.91 Å². The number of carbonyl (C=O) groups excluding carboxylic acids is 1. The minimum atomic E-state index is -3.46. The number of nitriles is 1. The molecule has 3 aromatic rings. The standard InChI is InChI=1S/C26H32FN7O4S/c1-26(2,36)24(27)15-33(17-4-7-19(8-5-17)39(37,38)30-3)23-11-21(31-14-20(23)25(29)35)22-9-6-18-10-16(12-28)13-32-34(18)22/h6,9-11,13-14,17,19,24,30,36H,4-5,7-8,15H2,1-3H3,(H2,29,35)/t17?,19?,24-/m1/s1. The van der Waals surface area contributed by atoms with Gasteiger partial charge in [0.15, 0.2) is 0 Å². The van der Waals surface area contributed by atoms with Gasteiger partial charge in [-0.3, -0.25) is 9.78 Å². The molecule has 4 rings (SSSR count). The fourth-order valence-electron chi connectivity index (χ4n) is 4.94. The van der Waals surface area contributed by atoms with Crippen molar-refractivity contribution in [1.29, 1.82) is 5.26 Å². The first-order chi connectivity index (χ1) is 18.4. The molecule has 0 aliphatic heterocycles. The van der Waals surface area contributed by atoms with E-state index in [-0.39, 0.29) is 18.2 Å². The molecule has 0 radical (unpaired) electrons. The van der Waals surface area contributed by atoms with Crippen LogP contribution >= 0.6 is 0 Å². The van der Waals surface area contributed by atoms with Crippen LogP contribution in [-0.4, -0.2) is 70.7 Å². The van der Waals surface area contributed by atoms with Crippen LogP contribution in [0.25, 0.3) is 16.9 Å². The lowest BCUT2D eigenvalue weighted by Gasteiger charge is -2.40. The van der Waals surface area contributed by atoms with Crippen LogP contribution in [0.1, 0.15) is 55.5 Å². The van der Waals surface area contributed by atoms with Gasteiger partial charge in [0.1, 0.15) is 12.2 Å². The molecule has 1 amide bonds. The Kier molecular flexibility index (Phi) is 7.92. The van der Waals surface area contributed by atoms with Crippen LogP contribution in [0.4, 0.5) is 10.1 Å². The molecule has 39 heavy (non-hydrogen) atoms. The van der Waals surface area contributed by atoms with Gasteiger partial charge in [-0.1, -0.05) is 0 Å². The molecule has 13 heteroatoms. The van der Waals surface area contributed by atoms with Gasteiger partial charge in [0.2, 0.25) is 10.0 Å². The number of halogens is 1. The fourth-order valence-corrected chi connectivity index (χ4v) is 6.17. The zero-order valence-corrected chi connectivity index (χ0v) is 22.8. The maximum absolute atomic E-state index is 15.3. The largest absolute Gasteiger partial charge is 0.387 e. The molecule has 3 aromatic heterocycles. The maximum Gasteiger partial charge on any atom is 0.252 e. The summed E-state index contributed by atoms with van der Waals surface area (Å²) >= 11 is 0. The zero-order valence-electron chi connectivity index (χ0n) is 22.0. The summed E-state index contributed by atoms with van der Waals surface area (Å²) in [6, 6.07) is 8.59. The molecule has 1 aliphatic rings. The monoisotopic (exact) mass is 557 g/mol. The highest BCUT2D eigenvalue weighted by Crippen LogP contribution is 2.35. The van der Waals surface area contributed by atoms with E-state index < -0.39 is 33.0 Å². The first-order valence-electron chi connectivity index (χ1n) is 12.6. The highest BCUT2D eigenvalue weighted by atomic mass is 32.2. The summed E-state index contributed by atoms with van der Waals surface area (Å²) in [5.74, 6) is -0.754. The van der Waals surface area contributed by atoms with Gasteiger partial charge >= 0.3 is 0 Å². The Balaban J connectivity index is 1.79. The summed E-state index contributed by atoms with van der Waals surface area (Å²) in [5, 5.41) is 23.3. The molecule has 3 heterocycles. The van der Waals surface area contributed by atoms with E-state index >= 15 is 4.39 Å². The van der Waals surface area contributed by atoms with E-state index in [0.29, 0.717) is 53.8 Å². The van der Waals surface area contributed by atoms with Crippen LogP contribution in [0.15, 0.2) is 36.7 Å². The van der Waals surface area contributed by atoms with Gasteiger partial charge in [-0.15, -0.1) is 0 Å². The second-order valence-electron chi connectivity index (χ2n) is 10.3. The van der Waals surface area contributed by atoms with E-state index in [1.165, 1.54) is 33.3 Å². The number of carbonyl (C=O) groups is 1. The van der Waals surface area contributed by atoms with Crippen molar-refractivity contribution < 1.29 is 22.7 Å². The van der Waals surface area contributed by atoms with Gasteiger partial charge in [0, 0.05) is 12.2 Å². The molecule has 1 aliphatic carbocycles. The predicted octanol–water partition coefficient (Wildman–Crippen LogP) is 2.14. The molecule has 0 spiro atoms. The molecule has 0 aromatic carbocycles. The predicted molar refractivity (Wildman–Crippen MR) is 144 cm³/mol. The third-order valence-electron chi connectivity index (χ3n) is 7.28. The number of amides is 1. The van der Waals surface area contributed by atoms with E-state index in [9.17, 15) is 23.6 Å². The van der Waals surface area contributed by atoms with Crippen LogP contribution in [0.3, 0.4) is 0 Å². The van der Waals surface area contributed by atoms with Gasteiger partial charge in [-0.2, -0.15) is 10.4 Å². The summed E-state index contributed by atoms with van der Waals surface area (Å²) < 4.78 is 44.0. The average molecular weight is 558 g/mol. The lowest BCUT2D eigenvalue weighted by molar-refractivity contribution is -0.000386. The molecule has 1 atom stereocenters. The zero-order chi connectivity index (χ0) is 28.5. The number of aromatic nitrogens is 3. The van der Waals surface area contributed by atoms with Crippen molar-refractivity contribution in [2.75, 3.05) is 18.5 Å². The van der Waals surface area contributed by atoms with E-state index in [1.807, 2.05) is 6.07 Å². The molecule has 1 fully saturated rings. The number of nitrogens with zero attached hydrogens (tertiary/aromatic N) is 5. The Labute approximate surface area is 226 Å². The Morgan fingerprint density at radius 3 is 2.59 bits per heavy atom. The molecule has 1 saturated carbocycles.